The molecular formula is C8H12ClN3O2. The van der Waals surface area contributed by atoms with Crippen LogP contribution in [0.3, 0.4) is 0 Å². The molecule has 1 aliphatic heterocycles. The fourth-order valence-corrected chi connectivity index (χ4v) is 1.54. The van der Waals surface area contributed by atoms with Gasteiger partial charge in [0.05, 0.1) is 18.3 Å². The minimum atomic E-state index is -0.812. The van der Waals surface area contributed by atoms with Crippen LogP contribution in [0.4, 0.5) is 5.95 Å². The average molecular weight is 218 g/mol. The number of aliphatic carboxylic acids is 1. The third kappa shape index (κ3) is 1.98. The van der Waals surface area contributed by atoms with Crippen LogP contribution in [0.2, 0.25) is 0 Å². The molecule has 78 valence electrons. The maximum atomic E-state index is 10.5. The van der Waals surface area contributed by atoms with E-state index in [1.54, 1.807) is 6.20 Å². The molecule has 2 N–H and O–H groups in total. The minimum Gasteiger partial charge on any atom is -0.481 e. The van der Waals surface area contributed by atoms with Crippen LogP contribution in [-0.4, -0.2) is 27.2 Å². The Morgan fingerprint density at radius 3 is 3.21 bits per heavy atom. The molecule has 0 saturated heterocycles. The van der Waals surface area contributed by atoms with Gasteiger partial charge < -0.3 is 15.0 Å². The number of aromatic nitrogens is 2. The molecule has 0 aliphatic carbocycles. The van der Waals surface area contributed by atoms with Crippen LogP contribution in [0.1, 0.15) is 12.1 Å². The van der Waals surface area contributed by atoms with E-state index in [2.05, 4.69) is 10.3 Å². The first-order valence-corrected chi connectivity index (χ1v) is 4.27. The van der Waals surface area contributed by atoms with Gasteiger partial charge in [0.2, 0.25) is 5.95 Å². The van der Waals surface area contributed by atoms with E-state index < -0.39 is 5.97 Å². The molecule has 0 spiro atoms. The highest BCUT2D eigenvalue weighted by atomic mass is 35.5. The van der Waals surface area contributed by atoms with Crippen molar-refractivity contribution in [3.05, 3.63) is 11.9 Å². The third-order valence-electron chi connectivity index (χ3n) is 2.11. The maximum Gasteiger partial charge on any atom is 0.309 e. The third-order valence-corrected chi connectivity index (χ3v) is 2.11. The van der Waals surface area contributed by atoms with E-state index in [1.807, 2.05) is 4.57 Å². The summed E-state index contributed by atoms with van der Waals surface area (Å²) >= 11 is 0. The van der Waals surface area contributed by atoms with Crippen molar-refractivity contribution in [2.24, 2.45) is 0 Å². The smallest absolute Gasteiger partial charge is 0.309 e. The summed E-state index contributed by atoms with van der Waals surface area (Å²) in [5.74, 6) is -0.0178. The van der Waals surface area contributed by atoms with Crippen molar-refractivity contribution in [1.29, 1.82) is 0 Å². The second-order valence-electron chi connectivity index (χ2n) is 3.08. The van der Waals surface area contributed by atoms with E-state index >= 15 is 0 Å². The van der Waals surface area contributed by atoms with Crippen molar-refractivity contribution in [3.8, 4) is 0 Å². The lowest BCUT2D eigenvalue weighted by Gasteiger charge is -2.17. The zero-order chi connectivity index (χ0) is 9.26. The van der Waals surface area contributed by atoms with Gasteiger partial charge >= 0.3 is 5.97 Å². The Bertz CT molecular complexity index is 337. The molecule has 6 heteroatoms. The van der Waals surface area contributed by atoms with Crippen LogP contribution >= 0.6 is 12.4 Å². The fourth-order valence-electron chi connectivity index (χ4n) is 1.54. The number of imidazole rings is 1. The SMILES string of the molecule is Cl.O=C(O)Cc1cnc2n1CCCN2. The molecule has 0 atom stereocenters. The average Bonchev–Trinajstić information content (AvgIpc) is 2.48. The molecule has 0 fully saturated rings. The van der Waals surface area contributed by atoms with Gasteiger partial charge in [-0.05, 0) is 6.42 Å². The molecular weight excluding hydrogens is 206 g/mol. The summed E-state index contributed by atoms with van der Waals surface area (Å²) in [5.41, 5.74) is 0.773. The molecule has 2 heterocycles. The highest BCUT2D eigenvalue weighted by Crippen LogP contribution is 2.15. The number of rotatable bonds is 2. The topological polar surface area (TPSA) is 67.1 Å². The number of hydrogen-bond acceptors (Lipinski definition) is 3. The number of carbonyl (C=O) groups is 1. The molecule has 5 nitrogen and oxygen atoms in total. The van der Waals surface area contributed by atoms with Crippen molar-refractivity contribution in [2.75, 3.05) is 11.9 Å². The molecule has 0 bridgehead atoms. The van der Waals surface area contributed by atoms with E-state index in [0.717, 1.165) is 31.2 Å². The monoisotopic (exact) mass is 217 g/mol. The molecule has 1 aromatic rings. The van der Waals surface area contributed by atoms with E-state index in [9.17, 15) is 4.79 Å². The Kier molecular flexibility index (Phi) is 3.35. The number of nitrogens with zero attached hydrogens (tertiary/aromatic N) is 2. The standard InChI is InChI=1S/C8H11N3O2.ClH/c12-7(13)4-6-5-10-8-9-2-1-3-11(6)8;/h5H,1-4H2,(H,9,10)(H,12,13);1H. The predicted molar refractivity (Wildman–Crippen MR) is 53.9 cm³/mol. The van der Waals surface area contributed by atoms with Crippen LogP contribution in [0.25, 0.3) is 0 Å². The van der Waals surface area contributed by atoms with Crippen molar-refractivity contribution < 1.29 is 9.90 Å². The van der Waals surface area contributed by atoms with Crippen molar-refractivity contribution in [2.45, 2.75) is 19.4 Å². The Morgan fingerprint density at radius 1 is 1.71 bits per heavy atom. The van der Waals surface area contributed by atoms with Crippen LogP contribution in [0.5, 0.6) is 0 Å². The molecule has 0 amide bonds. The summed E-state index contributed by atoms with van der Waals surface area (Å²) in [6, 6.07) is 0. The first-order valence-electron chi connectivity index (χ1n) is 4.27. The number of carboxylic acid groups (broad SMARTS) is 1. The summed E-state index contributed by atoms with van der Waals surface area (Å²) < 4.78 is 1.93. The zero-order valence-electron chi connectivity index (χ0n) is 7.56. The molecule has 2 rings (SSSR count). The van der Waals surface area contributed by atoms with Gasteiger partial charge in [-0.2, -0.15) is 0 Å². The summed E-state index contributed by atoms with van der Waals surface area (Å²) in [4.78, 5) is 14.6. The molecule has 1 aromatic heterocycles. The van der Waals surface area contributed by atoms with Gasteiger partial charge in [0.15, 0.2) is 0 Å². The number of fused-ring (bicyclic) bond motifs is 1. The van der Waals surface area contributed by atoms with Gasteiger partial charge in [0, 0.05) is 13.1 Å². The van der Waals surface area contributed by atoms with Crippen molar-refractivity contribution in [3.63, 3.8) is 0 Å². The fraction of sp³-hybridized carbons (Fsp3) is 0.500. The lowest BCUT2D eigenvalue weighted by molar-refractivity contribution is -0.136. The molecule has 0 radical (unpaired) electrons. The molecule has 0 aromatic carbocycles. The van der Waals surface area contributed by atoms with Crippen LogP contribution in [-0.2, 0) is 17.8 Å². The Labute approximate surface area is 87.5 Å². The maximum absolute atomic E-state index is 10.5. The molecule has 0 saturated carbocycles. The van der Waals surface area contributed by atoms with Gasteiger partial charge in [-0.1, -0.05) is 0 Å². The molecule has 14 heavy (non-hydrogen) atoms. The number of halogens is 1. The van der Waals surface area contributed by atoms with Gasteiger partial charge in [-0.15, -0.1) is 12.4 Å². The number of nitrogens with one attached hydrogen (secondary N) is 1. The lowest BCUT2D eigenvalue weighted by Crippen LogP contribution is -2.19. The van der Waals surface area contributed by atoms with E-state index in [0.29, 0.717) is 0 Å². The summed E-state index contributed by atoms with van der Waals surface area (Å²) in [6.45, 7) is 1.79. The Morgan fingerprint density at radius 2 is 2.50 bits per heavy atom. The minimum absolute atomic E-state index is 0. The van der Waals surface area contributed by atoms with Crippen molar-refractivity contribution >= 4 is 24.3 Å². The summed E-state index contributed by atoms with van der Waals surface area (Å²) in [7, 11) is 0. The van der Waals surface area contributed by atoms with Gasteiger partial charge in [0.1, 0.15) is 0 Å². The van der Waals surface area contributed by atoms with E-state index in [4.69, 9.17) is 5.11 Å². The predicted octanol–water partition coefficient (Wildman–Crippen LogP) is 0.748. The summed E-state index contributed by atoms with van der Waals surface area (Å²) in [5, 5.41) is 11.7. The zero-order valence-corrected chi connectivity index (χ0v) is 8.38. The van der Waals surface area contributed by atoms with Crippen LogP contribution < -0.4 is 5.32 Å². The van der Waals surface area contributed by atoms with E-state index in [1.165, 1.54) is 0 Å². The van der Waals surface area contributed by atoms with Crippen LogP contribution in [0, 0.1) is 0 Å². The molecule has 0 unspecified atom stereocenters. The normalized spacial score (nSPS) is 13.7. The Hall–Kier alpha value is -1.23. The second-order valence-corrected chi connectivity index (χ2v) is 3.08. The quantitative estimate of drug-likeness (QED) is 0.767. The van der Waals surface area contributed by atoms with E-state index in [-0.39, 0.29) is 18.8 Å². The van der Waals surface area contributed by atoms with Crippen LogP contribution in [0.15, 0.2) is 6.20 Å². The Balaban J connectivity index is 0.000000980. The summed E-state index contributed by atoms with van der Waals surface area (Å²) in [6.07, 6.45) is 2.70. The largest absolute Gasteiger partial charge is 0.481 e. The van der Waals surface area contributed by atoms with Gasteiger partial charge in [-0.25, -0.2) is 4.98 Å². The first-order chi connectivity index (χ1) is 6.27. The number of carboxylic acids is 1. The number of hydrogen-bond donors (Lipinski definition) is 2. The molecule has 1 aliphatic rings. The van der Waals surface area contributed by atoms with Crippen molar-refractivity contribution in [1.82, 2.24) is 9.55 Å². The highest BCUT2D eigenvalue weighted by Gasteiger charge is 2.14. The first kappa shape index (κ1) is 10.8. The highest BCUT2D eigenvalue weighted by molar-refractivity contribution is 5.85. The van der Waals surface area contributed by atoms with Gasteiger partial charge in [-0.3, -0.25) is 4.79 Å². The second kappa shape index (κ2) is 4.32. The number of anilines is 1. The lowest BCUT2D eigenvalue weighted by atomic mass is 10.3. The van der Waals surface area contributed by atoms with Gasteiger partial charge in [0.25, 0.3) is 0 Å².